The molecule has 31 heavy (non-hydrogen) atoms. The van der Waals surface area contributed by atoms with E-state index in [0.717, 1.165) is 18.5 Å². The summed E-state index contributed by atoms with van der Waals surface area (Å²) in [5, 5.41) is 11.7. The Kier molecular flexibility index (Phi) is 7.10. The van der Waals surface area contributed by atoms with Gasteiger partial charge in [0.15, 0.2) is 5.78 Å². The van der Waals surface area contributed by atoms with Gasteiger partial charge in [0, 0.05) is 29.9 Å². The van der Waals surface area contributed by atoms with Crippen molar-refractivity contribution in [3.8, 4) is 0 Å². The average molecular weight is 418 g/mol. The van der Waals surface area contributed by atoms with Crippen LogP contribution in [0.15, 0.2) is 67.0 Å². The van der Waals surface area contributed by atoms with Crippen LogP contribution in [0.1, 0.15) is 27.9 Å². The standard InChI is InChI=1S/C24H26N4O3/c1-18-10-11-21(20(16-18)24(29)19-8-5-4-6-9-19)27(15-7-14-26(2)3)23-17-25-13-12-22(23)28(30)31/h4-6,8-13,16-17H,7,14-15H2,1-3H3. The van der Waals surface area contributed by atoms with E-state index < -0.39 is 4.92 Å². The number of pyridine rings is 1. The van der Waals surface area contributed by atoms with Gasteiger partial charge >= 0.3 is 0 Å². The third kappa shape index (κ3) is 5.32. The molecule has 160 valence electrons. The number of rotatable bonds is 9. The second-order valence-electron chi connectivity index (χ2n) is 7.65. The van der Waals surface area contributed by atoms with E-state index in [9.17, 15) is 14.9 Å². The number of carbonyl (C=O) groups is 1. The zero-order chi connectivity index (χ0) is 22.4. The first-order valence-corrected chi connectivity index (χ1v) is 10.1. The van der Waals surface area contributed by atoms with E-state index in [1.807, 2.05) is 62.3 Å². The summed E-state index contributed by atoms with van der Waals surface area (Å²) in [6, 6.07) is 16.1. The first-order valence-electron chi connectivity index (χ1n) is 10.1. The number of aryl methyl sites for hydroxylation is 1. The van der Waals surface area contributed by atoms with E-state index in [4.69, 9.17) is 0 Å². The molecule has 0 saturated heterocycles. The monoisotopic (exact) mass is 418 g/mol. The van der Waals surface area contributed by atoms with Gasteiger partial charge in [0.05, 0.1) is 16.8 Å². The second kappa shape index (κ2) is 9.95. The summed E-state index contributed by atoms with van der Waals surface area (Å²) < 4.78 is 0. The fourth-order valence-corrected chi connectivity index (χ4v) is 3.47. The number of nitrogens with zero attached hydrogens (tertiary/aromatic N) is 4. The topological polar surface area (TPSA) is 79.6 Å². The van der Waals surface area contributed by atoms with Crippen LogP contribution in [-0.4, -0.2) is 47.8 Å². The Labute approximate surface area is 182 Å². The number of carbonyl (C=O) groups excluding carboxylic acids is 1. The summed E-state index contributed by atoms with van der Waals surface area (Å²) in [4.78, 5) is 32.7. The maximum absolute atomic E-state index is 13.4. The summed E-state index contributed by atoms with van der Waals surface area (Å²) in [5.41, 5.74) is 2.99. The Morgan fingerprint density at radius 3 is 2.45 bits per heavy atom. The third-order valence-electron chi connectivity index (χ3n) is 4.98. The lowest BCUT2D eigenvalue weighted by Crippen LogP contribution is -2.25. The van der Waals surface area contributed by atoms with E-state index in [-0.39, 0.29) is 11.5 Å². The van der Waals surface area contributed by atoms with Crippen LogP contribution in [0.2, 0.25) is 0 Å². The molecule has 1 heterocycles. The van der Waals surface area contributed by atoms with Crippen molar-refractivity contribution in [1.29, 1.82) is 0 Å². The SMILES string of the molecule is Cc1ccc(N(CCCN(C)C)c2cnccc2[N+](=O)[O-])c(C(=O)c2ccccc2)c1. The van der Waals surface area contributed by atoms with Crippen molar-refractivity contribution in [1.82, 2.24) is 9.88 Å². The van der Waals surface area contributed by atoms with Crippen LogP contribution >= 0.6 is 0 Å². The van der Waals surface area contributed by atoms with E-state index in [0.29, 0.717) is 29.0 Å². The van der Waals surface area contributed by atoms with Crippen molar-refractivity contribution in [3.63, 3.8) is 0 Å². The average Bonchev–Trinajstić information content (AvgIpc) is 2.77. The molecule has 0 amide bonds. The van der Waals surface area contributed by atoms with Gasteiger partial charge in [0.2, 0.25) is 0 Å². The number of ketones is 1. The van der Waals surface area contributed by atoms with Crippen LogP contribution in [-0.2, 0) is 0 Å². The fourth-order valence-electron chi connectivity index (χ4n) is 3.47. The minimum atomic E-state index is -0.414. The van der Waals surface area contributed by atoms with Crippen LogP contribution < -0.4 is 4.90 Å². The predicted octanol–water partition coefficient (Wildman–Crippen LogP) is 4.62. The lowest BCUT2D eigenvalue weighted by atomic mass is 9.98. The molecule has 7 heteroatoms. The number of aromatic nitrogens is 1. The van der Waals surface area contributed by atoms with Crippen molar-refractivity contribution in [3.05, 3.63) is 93.8 Å². The fraction of sp³-hybridized carbons (Fsp3) is 0.250. The molecule has 0 saturated carbocycles. The highest BCUT2D eigenvalue weighted by molar-refractivity contribution is 6.13. The molecule has 0 aliphatic heterocycles. The largest absolute Gasteiger partial charge is 0.334 e. The summed E-state index contributed by atoms with van der Waals surface area (Å²) >= 11 is 0. The molecule has 0 unspecified atom stereocenters. The molecule has 0 aliphatic carbocycles. The molecule has 0 fully saturated rings. The van der Waals surface area contributed by atoms with Crippen LogP contribution in [0.3, 0.4) is 0 Å². The van der Waals surface area contributed by atoms with Gasteiger partial charge in [-0.05, 0) is 46.1 Å². The van der Waals surface area contributed by atoms with E-state index in [1.54, 1.807) is 12.1 Å². The van der Waals surface area contributed by atoms with Gasteiger partial charge in [-0.3, -0.25) is 19.9 Å². The lowest BCUT2D eigenvalue weighted by Gasteiger charge is -2.27. The van der Waals surface area contributed by atoms with Crippen LogP contribution in [0.4, 0.5) is 17.1 Å². The summed E-state index contributed by atoms with van der Waals surface area (Å²) in [5.74, 6) is -0.122. The normalized spacial score (nSPS) is 10.8. The Morgan fingerprint density at radius 2 is 1.77 bits per heavy atom. The van der Waals surface area contributed by atoms with Gasteiger partial charge in [-0.15, -0.1) is 0 Å². The van der Waals surface area contributed by atoms with Crippen molar-refractivity contribution in [2.75, 3.05) is 32.1 Å². The van der Waals surface area contributed by atoms with Crippen LogP contribution in [0, 0.1) is 17.0 Å². The van der Waals surface area contributed by atoms with Gasteiger partial charge in [0.1, 0.15) is 5.69 Å². The second-order valence-corrected chi connectivity index (χ2v) is 7.65. The highest BCUT2D eigenvalue weighted by Gasteiger charge is 2.25. The van der Waals surface area contributed by atoms with Crippen LogP contribution in [0.25, 0.3) is 0 Å². The number of hydrogen-bond acceptors (Lipinski definition) is 6. The van der Waals surface area contributed by atoms with Gasteiger partial charge in [0.25, 0.3) is 5.69 Å². The maximum Gasteiger partial charge on any atom is 0.296 e. The van der Waals surface area contributed by atoms with E-state index in [1.165, 1.54) is 18.5 Å². The predicted molar refractivity (Wildman–Crippen MR) is 122 cm³/mol. The third-order valence-corrected chi connectivity index (χ3v) is 4.98. The molecule has 2 aromatic carbocycles. The molecule has 0 radical (unpaired) electrons. The van der Waals surface area contributed by atoms with E-state index >= 15 is 0 Å². The molecule has 3 aromatic rings. The van der Waals surface area contributed by atoms with Crippen molar-refractivity contribution in [2.24, 2.45) is 0 Å². The molecule has 0 N–H and O–H groups in total. The smallest absolute Gasteiger partial charge is 0.296 e. The number of nitro groups is 1. The molecule has 0 bridgehead atoms. The highest BCUT2D eigenvalue weighted by atomic mass is 16.6. The van der Waals surface area contributed by atoms with Gasteiger partial charge < -0.3 is 9.80 Å². The molecule has 7 nitrogen and oxygen atoms in total. The van der Waals surface area contributed by atoms with Crippen molar-refractivity contribution in [2.45, 2.75) is 13.3 Å². The summed E-state index contributed by atoms with van der Waals surface area (Å²) in [6.07, 6.45) is 3.65. The first-order chi connectivity index (χ1) is 14.9. The Morgan fingerprint density at radius 1 is 1.03 bits per heavy atom. The number of anilines is 2. The zero-order valence-electron chi connectivity index (χ0n) is 18.0. The summed E-state index contributed by atoms with van der Waals surface area (Å²) in [6.45, 7) is 3.23. The van der Waals surface area contributed by atoms with Crippen molar-refractivity contribution >= 4 is 22.8 Å². The highest BCUT2D eigenvalue weighted by Crippen LogP contribution is 2.36. The molecule has 1 aromatic heterocycles. The number of benzene rings is 2. The molecule has 0 atom stereocenters. The number of hydrogen-bond donors (Lipinski definition) is 0. The minimum absolute atomic E-state index is 0.0430. The van der Waals surface area contributed by atoms with Gasteiger partial charge in [-0.25, -0.2) is 0 Å². The van der Waals surface area contributed by atoms with Gasteiger partial charge in [-0.1, -0.05) is 42.0 Å². The minimum Gasteiger partial charge on any atom is -0.334 e. The van der Waals surface area contributed by atoms with Crippen molar-refractivity contribution < 1.29 is 9.72 Å². The summed E-state index contributed by atoms with van der Waals surface area (Å²) in [7, 11) is 3.96. The molecular weight excluding hydrogens is 392 g/mol. The molecule has 0 aliphatic rings. The maximum atomic E-state index is 13.4. The quantitative estimate of drug-likeness (QED) is 0.287. The van der Waals surface area contributed by atoms with Crippen LogP contribution in [0.5, 0.6) is 0 Å². The zero-order valence-corrected chi connectivity index (χ0v) is 18.0. The van der Waals surface area contributed by atoms with E-state index in [2.05, 4.69) is 9.88 Å². The Bertz CT molecular complexity index is 1070. The molecule has 3 rings (SSSR count). The lowest BCUT2D eigenvalue weighted by molar-refractivity contribution is -0.384. The Balaban J connectivity index is 2.13. The first kappa shape index (κ1) is 22.1. The molecular formula is C24H26N4O3. The van der Waals surface area contributed by atoms with Gasteiger partial charge in [-0.2, -0.15) is 0 Å². The Hall–Kier alpha value is -3.58. The molecule has 0 spiro atoms.